The average molecular weight is 623 g/mol. The summed E-state index contributed by atoms with van der Waals surface area (Å²) in [4.78, 5) is 41.5. The van der Waals surface area contributed by atoms with Crippen LogP contribution in [0.1, 0.15) is 43.7 Å². The maximum absolute atomic E-state index is 13.6. The molecule has 1 saturated carbocycles. The van der Waals surface area contributed by atoms with Gasteiger partial charge in [-0.1, -0.05) is 30.3 Å². The first-order valence-electron chi connectivity index (χ1n) is 15.0. The lowest BCUT2D eigenvalue weighted by Crippen LogP contribution is -2.53. The first kappa shape index (κ1) is 30.6. The second-order valence-electron chi connectivity index (χ2n) is 11.5. The minimum Gasteiger partial charge on any atom is -0.467 e. The van der Waals surface area contributed by atoms with Crippen LogP contribution in [0, 0.1) is 11.3 Å². The van der Waals surface area contributed by atoms with Crippen LogP contribution in [0.5, 0.6) is 6.01 Å². The zero-order valence-electron chi connectivity index (χ0n) is 25.6. The molecule has 4 heterocycles. The molecule has 46 heavy (non-hydrogen) atoms. The van der Waals surface area contributed by atoms with E-state index >= 15 is 0 Å². The second kappa shape index (κ2) is 13.7. The van der Waals surface area contributed by atoms with Gasteiger partial charge in [0.15, 0.2) is 0 Å². The number of hydrogen-bond donors (Lipinski definition) is 2. The Kier molecular flexibility index (Phi) is 9.11. The Hall–Kier alpha value is -5.42. The van der Waals surface area contributed by atoms with Crippen molar-refractivity contribution >= 4 is 23.8 Å². The SMILES string of the molecule is COc1ncc(-c2cnc(N(C(=O)OCc3ccccc3)[C@H]3CC[C@H](Nc4ncc(C#N)c(NC5(C)COC5)n4)CC3)nc2)cn1. The van der Waals surface area contributed by atoms with Crippen molar-refractivity contribution in [1.29, 1.82) is 5.26 Å². The summed E-state index contributed by atoms with van der Waals surface area (Å²) in [7, 11) is 1.50. The normalized spacial score (nSPS) is 18.4. The van der Waals surface area contributed by atoms with E-state index in [1.165, 1.54) is 13.3 Å². The zero-order chi connectivity index (χ0) is 31.9. The molecule has 1 aliphatic heterocycles. The summed E-state index contributed by atoms with van der Waals surface area (Å²) in [5, 5.41) is 16.3. The van der Waals surface area contributed by atoms with Gasteiger partial charge in [0, 0.05) is 48.0 Å². The molecule has 2 fully saturated rings. The number of anilines is 3. The molecule has 0 bridgehead atoms. The van der Waals surface area contributed by atoms with Crippen LogP contribution in [0.3, 0.4) is 0 Å². The molecule has 3 aromatic heterocycles. The predicted molar refractivity (Wildman–Crippen MR) is 168 cm³/mol. The molecule has 0 radical (unpaired) electrons. The zero-order valence-corrected chi connectivity index (χ0v) is 25.6. The molecule has 14 nitrogen and oxygen atoms in total. The number of rotatable bonds is 10. The van der Waals surface area contributed by atoms with Gasteiger partial charge in [-0.25, -0.2) is 34.6 Å². The summed E-state index contributed by atoms with van der Waals surface area (Å²) in [6.45, 7) is 3.24. The van der Waals surface area contributed by atoms with Crippen LogP contribution in [-0.4, -0.2) is 73.9 Å². The van der Waals surface area contributed by atoms with Crippen molar-refractivity contribution in [3.8, 4) is 23.2 Å². The largest absolute Gasteiger partial charge is 0.467 e. The summed E-state index contributed by atoms with van der Waals surface area (Å²) in [6.07, 6.45) is 10.4. The Morgan fingerprint density at radius 1 is 1.00 bits per heavy atom. The fourth-order valence-electron chi connectivity index (χ4n) is 5.40. The lowest BCUT2D eigenvalue weighted by Gasteiger charge is -2.39. The molecule has 14 heteroatoms. The molecular weight excluding hydrogens is 588 g/mol. The van der Waals surface area contributed by atoms with Crippen LogP contribution in [0.25, 0.3) is 11.1 Å². The number of nitrogens with one attached hydrogen (secondary N) is 2. The first-order chi connectivity index (χ1) is 22.4. The summed E-state index contributed by atoms with van der Waals surface area (Å²) in [6, 6.07) is 11.8. The van der Waals surface area contributed by atoms with Crippen molar-refractivity contribution in [1.82, 2.24) is 29.9 Å². The van der Waals surface area contributed by atoms with Crippen molar-refractivity contribution in [2.24, 2.45) is 0 Å². The molecule has 2 N–H and O–H groups in total. The van der Waals surface area contributed by atoms with E-state index in [9.17, 15) is 10.1 Å². The molecule has 236 valence electrons. The Balaban J connectivity index is 1.15. The topological polar surface area (TPSA) is 173 Å². The van der Waals surface area contributed by atoms with E-state index in [1.807, 2.05) is 37.3 Å². The molecule has 1 aliphatic carbocycles. The van der Waals surface area contributed by atoms with Crippen LogP contribution >= 0.6 is 0 Å². The fraction of sp³-hybridized carbons (Fsp3) is 0.375. The van der Waals surface area contributed by atoms with Gasteiger partial charge in [0.2, 0.25) is 11.9 Å². The number of methoxy groups -OCH3 is 1. The van der Waals surface area contributed by atoms with Gasteiger partial charge in [-0.05, 0) is 38.2 Å². The van der Waals surface area contributed by atoms with Crippen LogP contribution in [-0.2, 0) is 16.1 Å². The molecule has 1 aromatic carbocycles. The highest BCUT2D eigenvalue weighted by Crippen LogP contribution is 2.30. The Bertz CT molecular complexity index is 1670. The molecule has 0 atom stereocenters. The molecule has 1 saturated heterocycles. The van der Waals surface area contributed by atoms with Crippen molar-refractivity contribution in [2.45, 2.75) is 56.8 Å². The molecule has 6 rings (SSSR count). The molecule has 0 unspecified atom stereocenters. The smallest absolute Gasteiger partial charge is 0.417 e. The fourth-order valence-corrected chi connectivity index (χ4v) is 5.40. The molecule has 4 aromatic rings. The van der Waals surface area contributed by atoms with Crippen molar-refractivity contribution in [2.75, 3.05) is 35.9 Å². The number of aromatic nitrogens is 6. The van der Waals surface area contributed by atoms with Gasteiger partial charge in [-0.15, -0.1) is 0 Å². The van der Waals surface area contributed by atoms with E-state index in [1.54, 1.807) is 29.7 Å². The standard InChI is InChI=1S/C32H34N10O4/c1-32(19-45-20-32)41-27-22(12-33)13-34-28(40-27)39-25-8-10-26(11-9-25)42(31(43)46-18-21-6-4-3-5-7-21)29-35-14-23(15-36-29)24-16-37-30(44-2)38-17-24/h3-7,13-17,25-26H,8-11,18-20H2,1-2H3,(H2,34,39,40,41)/t25-,26-. The average Bonchev–Trinajstić information content (AvgIpc) is 3.08. The predicted octanol–water partition coefficient (Wildman–Crippen LogP) is 4.37. The van der Waals surface area contributed by atoms with Gasteiger partial charge >= 0.3 is 12.1 Å². The van der Waals surface area contributed by atoms with E-state index in [4.69, 9.17) is 14.2 Å². The third-order valence-electron chi connectivity index (χ3n) is 7.97. The molecular formula is C32H34N10O4. The number of amides is 1. The van der Waals surface area contributed by atoms with E-state index in [0.717, 1.165) is 24.0 Å². The van der Waals surface area contributed by atoms with E-state index < -0.39 is 6.09 Å². The van der Waals surface area contributed by atoms with E-state index in [-0.39, 0.29) is 36.2 Å². The van der Waals surface area contributed by atoms with Gasteiger partial charge in [0.25, 0.3) is 0 Å². The second-order valence-corrected chi connectivity index (χ2v) is 11.5. The van der Waals surface area contributed by atoms with Gasteiger partial charge in [0.1, 0.15) is 24.1 Å². The number of hydrogen-bond acceptors (Lipinski definition) is 13. The Morgan fingerprint density at radius 2 is 1.67 bits per heavy atom. The highest BCUT2D eigenvalue weighted by atomic mass is 16.6. The minimum absolute atomic E-state index is 0.0696. The maximum Gasteiger partial charge on any atom is 0.417 e. The summed E-state index contributed by atoms with van der Waals surface area (Å²) in [5.74, 6) is 1.18. The number of carbonyl (C=O) groups excluding carboxylic acids is 1. The summed E-state index contributed by atoms with van der Waals surface area (Å²) < 4.78 is 16.1. The summed E-state index contributed by atoms with van der Waals surface area (Å²) >= 11 is 0. The van der Waals surface area contributed by atoms with Gasteiger partial charge in [0.05, 0.1) is 32.1 Å². The molecule has 2 aliphatic rings. The quantitative estimate of drug-likeness (QED) is 0.255. The first-order valence-corrected chi connectivity index (χ1v) is 15.0. The highest BCUT2D eigenvalue weighted by molar-refractivity contribution is 5.86. The lowest BCUT2D eigenvalue weighted by atomic mass is 9.90. The van der Waals surface area contributed by atoms with E-state index in [2.05, 4.69) is 46.6 Å². The van der Waals surface area contributed by atoms with Gasteiger partial charge in [-0.3, -0.25) is 0 Å². The highest BCUT2D eigenvalue weighted by Gasteiger charge is 2.35. The Morgan fingerprint density at radius 3 is 2.28 bits per heavy atom. The van der Waals surface area contributed by atoms with Crippen LogP contribution in [0.4, 0.5) is 22.5 Å². The van der Waals surface area contributed by atoms with Gasteiger partial charge < -0.3 is 24.8 Å². The number of nitriles is 1. The molecule has 0 spiro atoms. The van der Waals surface area contributed by atoms with Gasteiger partial charge in [-0.2, -0.15) is 10.2 Å². The molecule has 1 amide bonds. The monoisotopic (exact) mass is 622 g/mol. The third-order valence-corrected chi connectivity index (χ3v) is 7.97. The van der Waals surface area contributed by atoms with Crippen LogP contribution in [0.2, 0.25) is 0 Å². The van der Waals surface area contributed by atoms with Crippen molar-refractivity contribution < 1.29 is 19.0 Å². The van der Waals surface area contributed by atoms with Crippen LogP contribution < -0.4 is 20.3 Å². The number of benzene rings is 1. The number of carbonyl (C=O) groups is 1. The third kappa shape index (κ3) is 7.10. The lowest BCUT2D eigenvalue weighted by molar-refractivity contribution is -0.0320. The minimum atomic E-state index is -0.514. The summed E-state index contributed by atoms with van der Waals surface area (Å²) in [5.41, 5.74) is 2.41. The number of nitrogens with zero attached hydrogens (tertiary/aromatic N) is 8. The number of ether oxygens (including phenoxy) is 3. The maximum atomic E-state index is 13.6. The Labute approximate surface area is 266 Å². The van der Waals surface area contributed by atoms with Crippen LogP contribution in [0.15, 0.2) is 61.3 Å². The van der Waals surface area contributed by atoms with Crippen molar-refractivity contribution in [3.05, 3.63) is 72.4 Å². The van der Waals surface area contributed by atoms with Crippen molar-refractivity contribution in [3.63, 3.8) is 0 Å². The van der Waals surface area contributed by atoms with E-state index in [0.29, 0.717) is 48.9 Å².